The average molecular weight is 194 g/mol. The molecule has 0 spiro atoms. The number of halogens is 1. The Morgan fingerprint density at radius 1 is 1.21 bits per heavy atom. The lowest BCUT2D eigenvalue weighted by Crippen LogP contribution is -2.08. The summed E-state index contributed by atoms with van der Waals surface area (Å²) in [5.74, 6) is 0.583. The summed E-state index contributed by atoms with van der Waals surface area (Å²) in [6, 6.07) is 5.63. The van der Waals surface area contributed by atoms with Crippen LogP contribution in [0.5, 0.6) is 0 Å². The highest BCUT2D eigenvalue weighted by molar-refractivity contribution is 5.27. The second-order valence-electron chi connectivity index (χ2n) is 3.64. The van der Waals surface area contributed by atoms with Crippen molar-refractivity contribution in [3.8, 4) is 0 Å². The molecule has 1 heteroatoms. The topological polar surface area (TPSA) is 0 Å². The standard InChI is InChI=1S/C11H13F.C2H6/c1-8-5-6-10(7-11(8)12)9-3-2-4-9;1-2/h5-7,9H,2-4H2,1H3;1-2H3. The van der Waals surface area contributed by atoms with Crippen molar-refractivity contribution in [2.45, 2.75) is 46.0 Å². The van der Waals surface area contributed by atoms with E-state index >= 15 is 0 Å². The Labute approximate surface area is 86.2 Å². The SMILES string of the molecule is CC.Cc1ccc(C2CCC2)cc1F. The zero-order chi connectivity index (χ0) is 10.6. The number of rotatable bonds is 1. The highest BCUT2D eigenvalue weighted by atomic mass is 19.1. The first-order valence-electron chi connectivity index (χ1n) is 5.53. The van der Waals surface area contributed by atoms with E-state index in [-0.39, 0.29) is 5.82 Å². The Bertz CT molecular complexity index is 287. The van der Waals surface area contributed by atoms with Crippen LogP contribution in [0.4, 0.5) is 4.39 Å². The molecule has 1 fully saturated rings. The van der Waals surface area contributed by atoms with Crippen molar-refractivity contribution in [1.82, 2.24) is 0 Å². The maximum atomic E-state index is 13.1. The van der Waals surface area contributed by atoms with Gasteiger partial charge in [0.2, 0.25) is 0 Å². The molecular weight excluding hydrogens is 175 g/mol. The summed E-state index contributed by atoms with van der Waals surface area (Å²) in [6.07, 6.45) is 3.78. The van der Waals surface area contributed by atoms with Gasteiger partial charge in [0.25, 0.3) is 0 Å². The third kappa shape index (κ3) is 2.34. The molecule has 2 rings (SSSR count). The van der Waals surface area contributed by atoms with E-state index in [1.54, 1.807) is 13.0 Å². The van der Waals surface area contributed by atoms with Crippen molar-refractivity contribution >= 4 is 0 Å². The quantitative estimate of drug-likeness (QED) is 0.620. The maximum Gasteiger partial charge on any atom is 0.126 e. The zero-order valence-corrected chi connectivity index (χ0v) is 9.31. The summed E-state index contributed by atoms with van der Waals surface area (Å²) in [5.41, 5.74) is 1.93. The van der Waals surface area contributed by atoms with Crippen LogP contribution in [-0.4, -0.2) is 0 Å². The van der Waals surface area contributed by atoms with Crippen LogP contribution < -0.4 is 0 Å². The molecule has 1 aromatic carbocycles. The first-order valence-corrected chi connectivity index (χ1v) is 5.53. The fraction of sp³-hybridized carbons (Fsp3) is 0.538. The van der Waals surface area contributed by atoms with Crippen LogP contribution in [-0.2, 0) is 0 Å². The van der Waals surface area contributed by atoms with Gasteiger partial charge in [0, 0.05) is 0 Å². The predicted molar refractivity (Wildman–Crippen MR) is 59.1 cm³/mol. The molecule has 14 heavy (non-hydrogen) atoms. The molecule has 1 aromatic rings. The van der Waals surface area contributed by atoms with Crippen LogP contribution in [0.15, 0.2) is 18.2 Å². The minimum absolute atomic E-state index is 0.0561. The van der Waals surface area contributed by atoms with Crippen LogP contribution in [0.3, 0.4) is 0 Å². The summed E-state index contributed by atoms with van der Waals surface area (Å²) in [5, 5.41) is 0. The van der Waals surface area contributed by atoms with E-state index in [4.69, 9.17) is 0 Å². The normalized spacial score (nSPS) is 15.4. The molecule has 1 aliphatic carbocycles. The van der Waals surface area contributed by atoms with Gasteiger partial charge in [-0.15, -0.1) is 0 Å². The molecule has 1 saturated carbocycles. The van der Waals surface area contributed by atoms with E-state index in [0.717, 1.165) is 5.56 Å². The molecule has 0 N–H and O–H groups in total. The third-order valence-electron chi connectivity index (χ3n) is 2.77. The number of hydrogen-bond acceptors (Lipinski definition) is 0. The lowest BCUT2D eigenvalue weighted by Gasteiger charge is -2.25. The fourth-order valence-electron chi connectivity index (χ4n) is 1.60. The lowest BCUT2D eigenvalue weighted by atomic mass is 9.80. The van der Waals surface area contributed by atoms with E-state index in [0.29, 0.717) is 5.92 Å². The molecule has 0 aliphatic heterocycles. The second-order valence-corrected chi connectivity index (χ2v) is 3.64. The second kappa shape index (κ2) is 5.14. The van der Waals surface area contributed by atoms with Gasteiger partial charge in [-0.25, -0.2) is 4.39 Å². The van der Waals surface area contributed by atoms with Gasteiger partial charge in [-0.2, -0.15) is 0 Å². The van der Waals surface area contributed by atoms with Crippen molar-refractivity contribution in [2.24, 2.45) is 0 Å². The molecule has 0 nitrogen and oxygen atoms in total. The lowest BCUT2D eigenvalue weighted by molar-refractivity contribution is 0.418. The highest BCUT2D eigenvalue weighted by Gasteiger charge is 2.19. The summed E-state index contributed by atoms with van der Waals surface area (Å²) in [4.78, 5) is 0. The predicted octanol–water partition coefficient (Wildman–Crippen LogP) is 4.43. The molecule has 0 heterocycles. The van der Waals surface area contributed by atoms with Gasteiger partial charge in [-0.05, 0) is 42.9 Å². The summed E-state index contributed by atoms with van der Waals surface area (Å²) < 4.78 is 13.1. The molecule has 0 radical (unpaired) electrons. The van der Waals surface area contributed by atoms with Crippen LogP contribution in [0, 0.1) is 12.7 Å². The van der Waals surface area contributed by atoms with E-state index < -0.39 is 0 Å². The van der Waals surface area contributed by atoms with E-state index in [2.05, 4.69) is 6.07 Å². The van der Waals surface area contributed by atoms with E-state index in [1.165, 1.54) is 24.8 Å². The first kappa shape index (κ1) is 11.2. The van der Waals surface area contributed by atoms with E-state index in [9.17, 15) is 4.39 Å². The number of benzene rings is 1. The minimum Gasteiger partial charge on any atom is -0.207 e. The van der Waals surface area contributed by atoms with Crippen molar-refractivity contribution in [1.29, 1.82) is 0 Å². The van der Waals surface area contributed by atoms with Gasteiger partial charge >= 0.3 is 0 Å². The monoisotopic (exact) mass is 194 g/mol. The van der Waals surface area contributed by atoms with Gasteiger partial charge < -0.3 is 0 Å². The van der Waals surface area contributed by atoms with Crippen molar-refractivity contribution in [3.05, 3.63) is 35.1 Å². The van der Waals surface area contributed by atoms with Crippen molar-refractivity contribution in [2.75, 3.05) is 0 Å². The molecule has 0 unspecified atom stereocenters. The van der Waals surface area contributed by atoms with Gasteiger partial charge in [-0.3, -0.25) is 0 Å². The number of hydrogen-bond donors (Lipinski definition) is 0. The largest absolute Gasteiger partial charge is 0.207 e. The molecule has 0 amide bonds. The maximum absolute atomic E-state index is 13.1. The average Bonchev–Trinajstić information content (AvgIpc) is 2.12. The molecule has 0 atom stereocenters. The summed E-state index contributed by atoms with van der Waals surface area (Å²) >= 11 is 0. The number of aryl methyl sites for hydroxylation is 1. The van der Waals surface area contributed by atoms with Gasteiger partial charge in [-0.1, -0.05) is 32.4 Å². The van der Waals surface area contributed by atoms with Crippen LogP contribution in [0.2, 0.25) is 0 Å². The van der Waals surface area contributed by atoms with Crippen LogP contribution in [0.1, 0.15) is 50.2 Å². The Balaban J connectivity index is 0.000000461. The Morgan fingerprint density at radius 2 is 1.86 bits per heavy atom. The highest BCUT2D eigenvalue weighted by Crippen LogP contribution is 2.36. The van der Waals surface area contributed by atoms with Crippen LogP contribution >= 0.6 is 0 Å². The van der Waals surface area contributed by atoms with Gasteiger partial charge in [0.15, 0.2) is 0 Å². The Kier molecular flexibility index (Phi) is 4.12. The zero-order valence-electron chi connectivity index (χ0n) is 9.31. The van der Waals surface area contributed by atoms with Crippen molar-refractivity contribution in [3.63, 3.8) is 0 Å². The third-order valence-corrected chi connectivity index (χ3v) is 2.77. The Morgan fingerprint density at radius 3 is 2.29 bits per heavy atom. The molecule has 0 aromatic heterocycles. The molecular formula is C13H19F. The van der Waals surface area contributed by atoms with Gasteiger partial charge in [0.1, 0.15) is 5.82 Å². The smallest absolute Gasteiger partial charge is 0.126 e. The summed E-state index contributed by atoms with van der Waals surface area (Å²) in [6.45, 7) is 5.81. The summed E-state index contributed by atoms with van der Waals surface area (Å²) in [7, 11) is 0. The minimum atomic E-state index is -0.0561. The Hall–Kier alpha value is -0.850. The molecule has 1 aliphatic rings. The fourth-order valence-corrected chi connectivity index (χ4v) is 1.60. The van der Waals surface area contributed by atoms with Gasteiger partial charge in [0.05, 0.1) is 0 Å². The van der Waals surface area contributed by atoms with Crippen LogP contribution in [0.25, 0.3) is 0 Å². The molecule has 78 valence electrons. The molecule has 0 bridgehead atoms. The molecule has 0 saturated heterocycles. The van der Waals surface area contributed by atoms with E-state index in [1.807, 2.05) is 19.9 Å². The van der Waals surface area contributed by atoms with Crippen molar-refractivity contribution < 1.29 is 4.39 Å². The first-order chi connectivity index (χ1) is 6.77.